The van der Waals surface area contributed by atoms with Gasteiger partial charge in [-0.25, -0.2) is 0 Å². The van der Waals surface area contributed by atoms with Crippen LogP contribution in [0.3, 0.4) is 0 Å². The first kappa shape index (κ1) is 29.2. The summed E-state index contributed by atoms with van der Waals surface area (Å²) in [5, 5.41) is 16.3. The highest BCUT2D eigenvalue weighted by Crippen LogP contribution is 2.68. The zero-order valence-corrected chi connectivity index (χ0v) is 25.0. The van der Waals surface area contributed by atoms with Crippen molar-refractivity contribution in [3.05, 3.63) is 24.3 Å². The SMILES string of the molecule is CCCCNC(=O)C1N([C@@H](CO)CC(C)C)C(=O)[C@@H]2[C@H](C(=O)Nc3ccc(OCC)cc3)[C@H]3SC12CC3Br. The van der Waals surface area contributed by atoms with Crippen molar-refractivity contribution in [1.29, 1.82) is 0 Å². The first-order valence-corrected chi connectivity index (χ1v) is 15.5. The number of nitrogens with one attached hydrogen (secondary N) is 2. The average molecular weight is 611 g/mol. The molecule has 3 aliphatic rings. The summed E-state index contributed by atoms with van der Waals surface area (Å²) in [5.74, 6) is -0.859. The third-order valence-corrected chi connectivity index (χ3v) is 11.1. The van der Waals surface area contributed by atoms with Crippen LogP contribution in [0.2, 0.25) is 0 Å². The molecule has 0 aromatic heterocycles. The van der Waals surface area contributed by atoms with Crippen molar-refractivity contribution in [2.24, 2.45) is 17.8 Å². The Bertz CT molecular complexity index is 1020. The van der Waals surface area contributed by atoms with E-state index in [2.05, 4.69) is 33.5 Å². The first-order chi connectivity index (χ1) is 18.2. The summed E-state index contributed by atoms with van der Waals surface area (Å²) in [6.07, 6.45) is 3.00. The number of hydrogen-bond donors (Lipinski definition) is 3. The maximum absolute atomic E-state index is 14.2. The van der Waals surface area contributed by atoms with Crippen LogP contribution in [0.25, 0.3) is 0 Å². The van der Waals surface area contributed by atoms with Gasteiger partial charge in [0.2, 0.25) is 17.7 Å². The van der Waals surface area contributed by atoms with Gasteiger partial charge in [0.15, 0.2) is 0 Å². The molecule has 0 saturated carbocycles. The van der Waals surface area contributed by atoms with Crippen molar-refractivity contribution < 1.29 is 24.2 Å². The fraction of sp³-hybridized carbons (Fsp3) is 0.679. The summed E-state index contributed by atoms with van der Waals surface area (Å²) in [7, 11) is 0. The zero-order valence-electron chi connectivity index (χ0n) is 22.6. The minimum atomic E-state index is -0.730. The lowest BCUT2D eigenvalue weighted by atomic mass is 9.70. The van der Waals surface area contributed by atoms with E-state index in [9.17, 15) is 19.5 Å². The molecule has 2 bridgehead atoms. The van der Waals surface area contributed by atoms with Crippen LogP contribution in [0.5, 0.6) is 5.75 Å². The lowest BCUT2D eigenvalue weighted by Gasteiger charge is -2.37. The molecule has 210 valence electrons. The van der Waals surface area contributed by atoms with E-state index in [0.29, 0.717) is 31.7 Å². The fourth-order valence-electron chi connectivity index (χ4n) is 6.39. The summed E-state index contributed by atoms with van der Waals surface area (Å²) < 4.78 is 4.78. The fourth-order valence-corrected chi connectivity index (χ4v) is 9.99. The normalized spacial score (nSPS) is 30.4. The molecule has 3 amide bonds. The largest absolute Gasteiger partial charge is 0.494 e. The average Bonchev–Trinajstić information content (AvgIpc) is 3.47. The summed E-state index contributed by atoms with van der Waals surface area (Å²) in [5.41, 5.74) is 0.635. The Morgan fingerprint density at radius 1 is 1.24 bits per heavy atom. The minimum Gasteiger partial charge on any atom is -0.494 e. The maximum atomic E-state index is 14.2. The molecule has 38 heavy (non-hydrogen) atoms. The summed E-state index contributed by atoms with van der Waals surface area (Å²) >= 11 is 5.41. The van der Waals surface area contributed by atoms with Gasteiger partial charge in [0.05, 0.1) is 35.8 Å². The molecule has 3 saturated heterocycles. The van der Waals surface area contributed by atoms with E-state index in [4.69, 9.17) is 4.74 Å². The number of anilines is 1. The molecule has 8 nitrogen and oxygen atoms in total. The molecular formula is C28H40BrN3O5S. The van der Waals surface area contributed by atoms with Crippen molar-refractivity contribution in [3.63, 3.8) is 0 Å². The Labute approximate surface area is 238 Å². The number of thioether (sulfide) groups is 1. The van der Waals surface area contributed by atoms with Gasteiger partial charge in [-0.2, -0.15) is 0 Å². The van der Waals surface area contributed by atoms with Crippen LogP contribution in [0, 0.1) is 17.8 Å². The van der Waals surface area contributed by atoms with Crippen LogP contribution in [0.15, 0.2) is 24.3 Å². The summed E-state index contributed by atoms with van der Waals surface area (Å²) in [6, 6.07) is 5.99. The van der Waals surface area contributed by atoms with Crippen LogP contribution in [0.1, 0.15) is 53.4 Å². The second-order valence-electron chi connectivity index (χ2n) is 11.0. The molecule has 4 rings (SSSR count). The standard InChI is InChI=1S/C28H40BrN3O5S/c1-5-7-12-30-26(35)24-28-14-20(29)23(38-28)21(22(28)27(36)32(24)18(15-33)13-16(3)4)25(34)31-17-8-10-19(11-9-17)37-6-2/h8-11,16,18,20-24,33H,5-7,12-15H2,1-4H3,(H,30,35)(H,31,34)/t18-,20?,21+,22+,23+,24?,28?/m1/s1. The van der Waals surface area contributed by atoms with Crippen LogP contribution in [-0.2, 0) is 14.4 Å². The van der Waals surface area contributed by atoms with Gasteiger partial charge in [0.1, 0.15) is 11.8 Å². The molecule has 3 aliphatic heterocycles. The number of carbonyl (C=O) groups excluding carboxylic acids is 3. The highest BCUT2D eigenvalue weighted by atomic mass is 79.9. The topological polar surface area (TPSA) is 108 Å². The molecular weight excluding hydrogens is 570 g/mol. The highest BCUT2D eigenvalue weighted by Gasteiger charge is 2.76. The van der Waals surface area contributed by atoms with Crippen LogP contribution >= 0.6 is 27.7 Å². The zero-order chi connectivity index (χ0) is 27.6. The van der Waals surface area contributed by atoms with Crippen LogP contribution < -0.4 is 15.4 Å². The number of benzene rings is 1. The molecule has 3 heterocycles. The van der Waals surface area contributed by atoms with Gasteiger partial charge < -0.3 is 25.4 Å². The summed E-state index contributed by atoms with van der Waals surface area (Å²) in [6.45, 7) is 8.93. The molecule has 3 unspecified atom stereocenters. The smallest absolute Gasteiger partial charge is 0.244 e. The van der Waals surface area contributed by atoms with Gasteiger partial charge in [-0.1, -0.05) is 43.1 Å². The Kier molecular flexibility index (Phi) is 9.35. The van der Waals surface area contributed by atoms with Crippen molar-refractivity contribution in [1.82, 2.24) is 10.2 Å². The lowest BCUT2D eigenvalue weighted by molar-refractivity contribution is -0.142. The van der Waals surface area contributed by atoms with Crippen LogP contribution in [0.4, 0.5) is 5.69 Å². The predicted molar refractivity (Wildman–Crippen MR) is 154 cm³/mol. The van der Waals surface area contributed by atoms with Gasteiger partial charge in [-0.05, 0) is 56.4 Å². The molecule has 0 radical (unpaired) electrons. The number of aliphatic hydroxyl groups is 1. The van der Waals surface area contributed by atoms with Gasteiger partial charge in [0.25, 0.3) is 0 Å². The number of unbranched alkanes of at least 4 members (excludes halogenated alkanes) is 1. The number of amides is 3. The minimum absolute atomic E-state index is 0.00352. The van der Waals surface area contributed by atoms with Gasteiger partial charge in [0, 0.05) is 22.3 Å². The van der Waals surface area contributed by atoms with Gasteiger partial charge in [-0.15, -0.1) is 11.8 Å². The molecule has 0 aliphatic carbocycles. The Morgan fingerprint density at radius 2 is 1.95 bits per heavy atom. The molecule has 7 atom stereocenters. The van der Waals surface area contributed by atoms with Crippen molar-refractivity contribution in [3.8, 4) is 5.75 Å². The Morgan fingerprint density at radius 3 is 2.55 bits per heavy atom. The Hall–Kier alpha value is -1.78. The second-order valence-corrected chi connectivity index (χ2v) is 13.7. The van der Waals surface area contributed by atoms with Crippen molar-refractivity contribution in [2.75, 3.05) is 25.1 Å². The van der Waals surface area contributed by atoms with Crippen LogP contribution in [-0.4, -0.2) is 74.4 Å². The number of rotatable bonds is 12. The quantitative estimate of drug-likeness (QED) is 0.246. The molecule has 1 aromatic rings. The molecule has 3 fully saturated rings. The number of carbonyl (C=O) groups is 3. The Balaban J connectivity index is 1.66. The van der Waals surface area contributed by atoms with Gasteiger partial charge >= 0.3 is 0 Å². The number of nitrogens with zero attached hydrogens (tertiary/aromatic N) is 1. The molecule has 10 heteroatoms. The summed E-state index contributed by atoms with van der Waals surface area (Å²) in [4.78, 5) is 43.3. The van der Waals surface area contributed by atoms with Crippen molar-refractivity contribution >= 4 is 51.1 Å². The van der Waals surface area contributed by atoms with E-state index in [1.807, 2.05) is 20.8 Å². The second kappa shape index (κ2) is 12.2. The van der Waals surface area contributed by atoms with E-state index >= 15 is 0 Å². The number of likely N-dealkylation sites (tertiary alicyclic amines) is 1. The highest BCUT2D eigenvalue weighted by molar-refractivity contribution is 9.09. The number of aliphatic hydroxyl groups excluding tert-OH is 1. The maximum Gasteiger partial charge on any atom is 0.244 e. The van der Waals surface area contributed by atoms with E-state index < -0.39 is 28.7 Å². The van der Waals surface area contributed by atoms with E-state index in [-0.39, 0.29) is 40.3 Å². The lowest BCUT2D eigenvalue weighted by Crippen LogP contribution is -2.57. The van der Waals surface area contributed by atoms with Gasteiger partial charge in [-0.3, -0.25) is 14.4 Å². The van der Waals surface area contributed by atoms with E-state index in [0.717, 1.165) is 18.6 Å². The van der Waals surface area contributed by atoms with E-state index in [1.54, 1.807) is 40.9 Å². The molecule has 1 spiro atoms. The number of ether oxygens (including phenoxy) is 1. The third kappa shape index (κ3) is 5.32. The molecule has 3 N–H and O–H groups in total. The number of halogens is 1. The number of hydrogen-bond acceptors (Lipinski definition) is 6. The third-order valence-electron chi connectivity index (χ3n) is 7.89. The number of alkyl halides is 1. The monoisotopic (exact) mass is 609 g/mol. The van der Waals surface area contributed by atoms with Crippen molar-refractivity contribution in [2.45, 2.75) is 80.3 Å². The van der Waals surface area contributed by atoms with E-state index in [1.165, 1.54) is 0 Å². The first-order valence-electron chi connectivity index (χ1n) is 13.7. The number of fused-ring (bicyclic) bond motifs is 1. The molecule has 1 aromatic carbocycles. The predicted octanol–water partition coefficient (Wildman–Crippen LogP) is 3.81.